The molecule has 0 radical (unpaired) electrons. The largest absolute Gasteiger partial charge is 0.336 e. The third-order valence-electron chi connectivity index (χ3n) is 5.05. The summed E-state index contributed by atoms with van der Waals surface area (Å²) in [5.41, 5.74) is 0.532. The van der Waals surface area contributed by atoms with Gasteiger partial charge in [0.05, 0.1) is 16.1 Å². The Bertz CT molecular complexity index is 1190. The van der Waals surface area contributed by atoms with Crippen molar-refractivity contribution in [2.24, 2.45) is 0 Å². The first kappa shape index (κ1) is 20.9. The molecular weight excluding hydrogens is 425 g/mol. The Morgan fingerprint density at radius 3 is 2.45 bits per heavy atom. The second kappa shape index (κ2) is 8.40. The second-order valence-corrected chi connectivity index (χ2v) is 8.74. The fourth-order valence-corrected chi connectivity index (χ4v) is 4.10. The molecule has 0 spiro atoms. The number of amides is 1. The highest BCUT2D eigenvalue weighted by atomic mass is 32.2. The predicted molar refractivity (Wildman–Crippen MR) is 110 cm³/mol. The van der Waals surface area contributed by atoms with E-state index in [1.807, 2.05) is 35.2 Å². The maximum atomic E-state index is 14.3. The molecule has 10 nitrogen and oxygen atoms in total. The molecule has 0 bridgehead atoms. The van der Waals surface area contributed by atoms with E-state index >= 15 is 0 Å². The highest BCUT2D eigenvalue weighted by molar-refractivity contribution is 7.89. The van der Waals surface area contributed by atoms with E-state index in [2.05, 4.69) is 20.2 Å². The Hall–Kier alpha value is -3.38. The van der Waals surface area contributed by atoms with Crippen LogP contribution in [0.5, 0.6) is 0 Å². The summed E-state index contributed by atoms with van der Waals surface area (Å²) in [6.07, 6.45) is 0. The summed E-state index contributed by atoms with van der Waals surface area (Å²) in [6, 6.07) is 12.6. The zero-order valence-corrected chi connectivity index (χ0v) is 17.5. The van der Waals surface area contributed by atoms with Gasteiger partial charge in [-0.1, -0.05) is 23.3 Å². The number of benzene rings is 2. The minimum atomic E-state index is -3.79. The molecule has 1 aliphatic rings. The number of sulfonamides is 1. The number of tetrazole rings is 1. The lowest BCUT2D eigenvalue weighted by atomic mass is 10.1. The van der Waals surface area contributed by atoms with Crippen molar-refractivity contribution in [1.29, 1.82) is 0 Å². The first-order valence-corrected chi connectivity index (χ1v) is 11.0. The zero-order valence-electron chi connectivity index (χ0n) is 16.6. The van der Waals surface area contributed by atoms with E-state index in [1.165, 1.54) is 11.9 Å². The number of halogens is 1. The average molecular weight is 445 g/mol. The fraction of sp³-hybridized carbons (Fsp3) is 0.263. The SMILES string of the molecule is CNS(=O)(=O)c1ccc(F)c(C(=O)N2CCN(c3nnnn3-c3ccccc3)CC2)c1. The number of nitrogens with zero attached hydrogens (tertiary/aromatic N) is 6. The van der Waals surface area contributed by atoms with Crippen molar-refractivity contribution in [2.75, 3.05) is 38.1 Å². The van der Waals surface area contributed by atoms with Gasteiger partial charge in [-0.15, -0.1) is 0 Å². The summed E-state index contributed by atoms with van der Waals surface area (Å²) < 4.78 is 42.1. The number of carbonyl (C=O) groups excluding carboxylic acids is 1. The van der Waals surface area contributed by atoms with Gasteiger partial charge in [-0.2, -0.15) is 4.68 Å². The molecule has 12 heteroatoms. The molecule has 1 aliphatic heterocycles. The van der Waals surface area contributed by atoms with Crippen LogP contribution in [-0.4, -0.2) is 72.7 Å². The van der Waals surface area contributed by atoms with Crippen molar-refractivity contribution in [1.82, 2.24) is 29.8 Å². The number of carbonyl (C=O) groups is 1. The van der Waals surface area contributed by atoms with Crippen LogP contribution in [0, 0.1) is 5.82 Å². The van der Waals surface area contributed by atoms with Gasteiger partial charge in [-0.3, -0.25) is 4.79 Å². The Morgan fingerprint density at radius 2 is 1.77 bits per heavy atom. The lowest BCUT2D eigenvalue weighted by Crippen LogP contribution is -2.49. The quantitative estimate of drug-likeness (QED) is 0.614. The van der Waals surface area contributed by atoms with Crippen LogP contribution in [0.4, 0.5) is 10.3 Å². The molecule has 1 saturated heterocycles. The number of rotatable bonds is 5. The number of piperazine rings is 1. The number of para-hydroxylation sites is 1. The van der Waals surface area contributed by atoms with Gasteiger partial charge in [0.15, 0.2) is 0 Å². The van der Waals surface area contributed by atoms with Gasteiger partial charge in [0.1, 0.15) is 5.82 Å². The molecule has 31 heavy (non-hydrogen) atoms. The number of hydrogen-bond donors (Lipinski definition) is 1. The van der Waals surface area contributed by atoms with Crippen molar-refractivity contribution in [3.63, 3.8) is 0 Å². The smallest absolute Gasteiger partial charge is 0.256 e. The van der Waals surface area contributed by atoms with Crippen LogP contribution in [0.1, 0.15) is 10.4 Å². The fourth-order valence-electron chi connectivity index (χ4n) is 3.35. The minimum Gasteiger partial charge on any atom is -0.336 e. The lowest BCUT2D eigenvalue weighted by Gasteiger charge is -2.34. The van der Waals surface area contributed by atoms with E-state index in [-0.39, 0.29) is 10.5 Å². The molecule has 2 heterocycles. The molecule has 0 unspecified atom stereocenters. The van der Waals surface area contributed by atoms with Crippen LogP contribution < -0.4 is 9.62 Å². The molecular formula is C19H20FN7O3S. The molecule has 1 fully saturated rings. The van der Waals surface area contributed by atoms with Gasteiger partial charge in [0.25, 0.3) is 5.91 Å². The van der Waals surface area contributed by atoms with Gasteiger partial charge in [0, 0.05) is 26.2 Å². The topological polar surface area (TPSA) is 113 Å². The summed E-state index contributed by atoms with van der Waals surface area (Å²) in [5, 5.41) is 11.9. The minimum absolute atomic E-state index is 0.166. The Labute approximate surface area is 178 Å². The Balaban J connectivity index is 1.50. The van der Waals surface area contributed by atoms with Gasteiger partial charge < -0.3 is 9.80 Å². The molecule has 0 aliphatic carbocycles. The van der Waals surface area contributed by atoms with Crippen molar-refractivity contribution in [3.8, 4) is 5.69 Å². The van der Waals surface area contributed by atoms with Gasteiger partial charge in [0.2, 0.25) is 16.0 Å². The first-order chi connectivity index (χ1) is 14.9. The number of aromatic nitrogens is 4. The molecule has 162 valence electrons. The lowest BCUT2D eigenvalue weighted by molar-refractivity contribution is 0.0741. The van der Waals surface area contributed by atoms with Gasteiger partial charge >= 0.3 is 0 Å². The monoisotopic (exact) mass is 445 g/mol. The summed E-state index contributed by atoms with van der Waals surface area (Å²) in [4.78, 5) is 16.1. The maximum absolute atomic E-state index is 14.3. The molecule has 4 rings (SSSR count). The van der Waals surface area contributed by atoms with E-state index in [0.717, 1.165) is 23.9 Å². The van der Waals surface area contributed by atoms with Crippen molar-refractivity contribution >= 4 is 21.9 Å². The van der Waals surface area contributed by atoms with E-state index in [4.69, 9.17) is 0 Å². The van der Waals surface area contributed by atoms with E-state index in [9.17, 15) is 17.6 Å². The van der Waals surface area contributed by atoms with E-state index < -0.39 is 21.7 Å². The summed E-state index contributed by atoms with van der Waals surface area (Å²) in [7, 11) is -2.54. The molecule has 1 N–H and O–H groups in total. The van der Waals surface area contributed by atoms with Crippen LogP contribution in [0.2, 0.25) is 0 Å². The molecule has 0 saturated carbocycles. The summed E-state index contributed by atoms with van der Waals surface area (Å²) in [5.74, 6) is -0.782. The van der Waals surface area contributed by atoms with Crippen LogP contribution in [-0.2, 0) is 10.0 Å². The summed E-state index contributed by atoms with van der Waals surface area (Å²) in [6.45, 7) is 1.50. The van der Waals surface area contributed by atoms with Crippen LogP contribution in [0.15, 0.2) is 53.4 Å². The number of hydrogen-bond acceptors (Lipinski definition) is 7. The molecule has 1 aromatic heterocycles. The molecule has 1 amide bonds. The van der Waals surface area contributed by atoms with Gasteiger partial charge in [-0.05, 0) is 47.8 Å². The van der Waals surface area contributed by atoms with Gasteiger partial charge in [-0.25, -0.2) is 17.5 Å². The Kier molecular flexibility index (Phi) is 5.65. The predicted octanol–water partition coefficient (Wildman–Crippen LogP) is 0.672. The molecule has 2 aromatic carbocycles. The van der Waals surface area contributed by atoms with Crippen molar-refractivity contribution in [3.05, 3.63) is 59.9 Å². The number of anilines is 1. The molecule has 0 atom stereocenters. The van der Waals surface area contributed by atoms with Crippen molar-refractivity contribution < 1.29 is 17.6 Å². The van der Waals surface area contributed by atoms with Crippen LogP contribution in [0.25, 0.3) is 5.69 Å². The second-order valence-electron chi connectivity index (χ2n) is 6.85. The highest BCUT2D eigenvalue weighted by Gasteiger charge is 2.28. The molecule has 3 aromatic rings. The highest BCUT2D eigenvalue weighted by Crippen LogP contribution is 2.20. The van der Waals surface area contributed by atoms with E-state index in [0.29, 0.717) is 32.1 Å². The third kappa shape index (κ3) is 4.11. The van der Waals surface area contributed by atoms with Crippen LogP contribution in [0.3, 0.4) is 0 Å². The normalized spacial score (nSPS) is 14.6. The first-order valence-electron chi connectivity index (χ1n) is 9.52. The van der Waals surface area contributed by atoms with Crippen molar-refractivity contribution in [2.45, 2.75) is 4.90 Å². The average Bonchev–Trinajstić information content (AvgIpc) is 3.29. The zero-order chi connectivity index (χ0) is 22.0. The maximum Gasteiger partial charge on any atom is 0.256 e. The number of nitrogens with one attached hydrogen (secondary N) is 1. The van der Waals surface area contributed by atoms with Crippen LogP contribution >= 0.6 is 0 Å². The third-order valence-corrected chi connectivity index (χ3v) is 6.46. The Morgan fingerprint density at radius 1 is 1.06 bits per heavy atom. The standard InChI is InChI=1S/C19H20FN7O3S/c1-21-31(29,30)15-7-8-17(20)16(13-15)18(28)25-9-11-26(12-10-25)19-22-23-24-27(19)14-5-3-2-4-6-14/h2-8,13,21H,9-12H2,1H3. The summed E-state index contributed by atoms with van der Waals surface area (Å²) >= 11 is 0. The van der Waals surface area contributed by atoms with E-state index in [1.54, 1.807) is 4.68 Å².